The highest BCUT2D eigenvalue weighted by Gasteiger charge is 2.38. The summed E-state index contributed by atoms with van der Waals surface area (Å²) in [6.45, 7) is 4.04. The van der Waals surface area contributed by atoms with E-state index in [2.05, 4.69) is 5.32 Å². The molecule has 1 aromatic rings. The van der Waals surface area contributed by atoms with Crippen molar-refractivity contribution in [2.75, 3.05) is 32.8 Å². The van der Waals surface area contributed by atoms with E-state index in [0.29, 0.717) is 51.0 Å². The number of amides is 3. The molecule has 0 aromatic heterocycles. The molecule has 0 radical (unpaired) electrons. The van der Waals surface area contributed by atoms with Crippen LogP contribution < -0.4 is 5.32 Å². The Morgan fingerprint density at radius 2 is 1.78 bits per heavy atom. The van der Waals surface area contributed by atoms with Crippen molar-refractivity contribution in [3.8, 4) is 0 Å². The molecule has 32 heavy (non-hydrogen) atoms. The van der Waals surface area contributed by atoms with Gasteiger partial charge in [0.1, 0.15) is 6.61 Å². The van der Waals surface area contributed by atoms with E-state index in [9.17, 15) is 22.8 Å². The number of likely N-dealkylation sites (tertiary alicyclic amines) is 2. The molecule has 3 heterocycles. The second kappa shape index (κ2) is 9.27. The molecule has 0 spiro atoms. The lowest BCUT2D eigenvalue weighted by molar-refractivity contribution is -0.140. The number of benzene rings is 1. The Morgan fingerprint density at radius 3 is 2.44 bits per heavy atom. The summed E-state index contributed by atoms with van der Waals surface area (Å²) in [6, 6.07) is 4.82. The number of fused-ring (bicyclic) bond motifs is 1. The second-order valence-corrected chi connectivity index (χ2v) is 8.63. The molecule has 3 aliphatic heterocycles. The molecule has 3 amide bonds. The maximum Gasteiger partial charge on any atom is 0.416 e. The first-order chi connectivity index (χ1) is 15.2. The molecule has 3 saturated heterocycles. The quantitative estimate of drug-likeness (QED) is 0.761. The summed E-state index contributed by atoms with van der Waals surface area (Å²) < 4.78 is 49.8. The van der Waals surface area contributed by atoms with Gasteiger partial charge in [-0.25, -0.2) is 4.79 Å². The van der Waals surface area contributed by atoms with Gasteiger partial charge >= 0.3 is 12.2 Å². The fraction of sp³-hybridized carbons (Fsp3) is 0.636. The Labute approximate surface area is 184 Å². The molecule has 0 aliphatic carbocycles. The summed E-state index contributed by atoms with van der Waals surface area (Å²) in [5.41, 5.74) is 0.0137. The minimum atomic E-state index is -4.35. The third-order valence-corrected chi connectivity index (χ3v) is 6.41. The maximum absolute atomic E-state index is 12.9. The molecule has 3 aliphatic rings. The van der Waals surface area contributed by atoms with Crippen molar-refractivity contribution in [3.05, 3.63) is 35.4 Å². The summed E-state index contributed by atoms with van der Waals surface area (Å²) in [5.74, 6) is -0.152. The zero-order chi connectivity index (χ0) is 22.9. The fourth-order valence-corrected chi connectivity index (χ4v) is 4.57. The van der Waals surface area contributed by atoms with Crippen LogP contribution in [-0.4, -0.2) is 72.8 Å². The first-order valence-corrected chi connectivity index (χ1v) is 11.0. The summed E-state index contributed by atoms with van der Waals surface area (Å²) >= 11 is 0. The number of hydrogen-bond acceptors (Lipinski definition) is 4. The topological polar surface area (TPSA) is 71.1 Å². The lowest BCUT2D eigenvalue weighted by atomic mass is 10.0. The van der Waals surface area contributed by atoms with Gasteiger partial charge in [-0.15, -0.1) is 0 Å². The van der Waals surface area contributed by atoms with Crippen LogP contribution in [0.4, 0.5) is 18.0 Å². The van der Waals surface area contributed by atoms with E-state index in [4.69, 9.17) is 9.47 Å². The monoisotopic (exact) mass is 455 g/mol. The first kappa shape index (κ1) is 22.8. The molecular formula is C22H28F3N3O4. The lowest BCUT2D eigenvalue weighted by Crippen LogP contribution is -2.62. The number of piperidine rings is 2. The third-order valence-electron chi connectivity index (χ3n) is 6.41. The number of alkyl halides is 3. The van der Waals surface area contributed by atoms with Gasteiger partial charge in [-0.05, 0) is 43.9 Å². The molecule has 0 saturated carbocycles. The Kier molecular flexibility index (Phi) is 6.62. The number of ether oxygens (including phenoxy) is 2. The van der Waals surface area contributed by atoms with E-state index in [1.54, 1.807) is 9.80 Å². The van der Waals surface area contributed by atoms with Crippen molar-refractivity contribution in [1.29, 1.82) is 0 Å². The van der Waals surface area contributed by atoms with E-state index >= 15 is 0 Å². The fourth-order valence-electron chi connectivity index (χ4n) is 4.57. The highest BCUT2D eigenvalue weighted by Crippen LogP contribution is 2.31. The number of carbonyl (C=O) groups is 2. The minimum absolute atomic E-state index is 0.0393. The molecule has 1 aromatic carbocycles. The molecule has 10 heteroatoms. The molecule has 1 N–H and O–H groups in total. The van der Waals surface area contributed by atoms with E-state index in [-0.39, 0.29) is 42.9 Å². The number of urea groups is 1. The van der Waals surface area contributed by atoms with E-state index in [1.807, 2.05) is 6.92 Å². The van der Waals surface area contributed by atoms with Gasteiger partial charge in [0.25, 0.3) is 0 Å². The molecule has 0 bridgehead atoms. The second-order valence-electron chi connectivity index (χ2n) is 8.63. The van der Waals surface area contributed by atoms with E-state index in [1.165, 1.54) is 12.1 Å². The largest absolute Gasteiger partial charge is 0.416 e. The minimum Gasteiger partial charge on any atom is -0.370 e. The zero-order valence-corrected chi connectivity index (χ0v) is 17.9. The predicted octanol–water partition coefficient (Wildman–Crippen LogP) is 2.96. The SMILES string of the molecule is CC(OC1CCN(C(=O)N2CCC3OCC(=O)NC3C2)CC1)c1ccc(C(F)(F)F)cc1. The van der Waals surface area contributed by atoms with Crippen LogP contribution in [0.1, 0.15) is 43.4 Å². The molecule has 3 unspecified atom stereocenters. The Morgan fingerprint density at radius 1 is 1.12 bits per heavy atom. The average molecular weight is 455 g/mol. The Hall–Kier alpha value is -2.33. The van der Waals surface area contributed by atoms with Crippen LogP contribution in [0.2, 0.25) is 0 Å². The number of nitrogens with one attached hydrogen (secondary N) is 1. The smallest absolute Gasteiger partial charge is 0.370 e. The number of hydrogen-bond donors (Lipinski definition) is 1. The summed E-state index contributed by atoms with van der Waals surface area (Å²) in [5, 5.41) is 2.90. The molecule has 7 nitrogen and oxygen atoms in total. The lowest BCUT2D eigenvalue weighted by Gasteiger charge is -2.43. The molecular weight excluding hydrogens is 427 g/mol. The van der Waals surface area contributed by atoms with Crippen LogP contribution in [0.5, 0.6) is 0 Å². The van der Waals surface area contributed by atoms with Gasteiger partial charge in [-0.2, -0.15) is 13.2 Å². The van der Waals surface area contributed by atoms with Crippen molar-refractivity contribution in [1.82, 2.24) is 15.1 Å². The summed E-state index contributed by atoms with van der Waals surface area (Å²) in [7, 11) is 0. The number of rotatable bonds is 3. The average Bonchev–Trinajstić information content (AvgIpc) is 2.78. The molecule has 176 valence electrons. The third kappa shape index (κ3) is 5.17. The number of carbonyl (C=O) groups excluding carboxylic acids is 2. The van der Waals surface area contributed by atoms with Crippen LogP contribution in [-0.2, 0) is 20.4 Å². The zero-order valence-electron chi connectivity index (χ0n) is 17.9. The van der Waals surface area contributed by atoms with Gasteiger partial charge in [-0.3, -0.25) is 4.79 Å². The van der Waals surface area contributed by atoms with Gasteiger partial charge in [0.2, 0.25) is 5.91 Å². The van der Waals surface area contributed by atoms with Gasteiger partial charge in [0, 0.05) is 26.2 Å². The number of halogens is 3. The van der Waals surface area contributed by atoms with Crippen LogP contribution in [0.25, 0.3) is 0 Å². The van der Waals surface area contributed by atoms with Crippen molar-refractivity contribution in [2.45, 2.75) is 56.7 Å². The van der Waals surface area contributed by atoms with E-state index in [0.717, 1.165) is 12.1 Å². The molecule has 3 atom stereocenters. The highest BCUT2D eigenvalue weighted by molar-refractivity contribution is 5.79. The van der Waals surface area contributed by atoms with Crippen LogP contribution in [0.3, 0.4) is 0 Å². The highest BCUT2D eigenvalue weighted by atomic mass is 19.4. The van der Waals surface area contributed by atoms with Crippen LogP contribution >= 0.6 is 0 Å². The van der Waals surface area contributed by atoms with Crippen molar-refractivity contribution in [2.24, 2.45) is 0 Å². The Bertz CT molecular complexity index is 825. The number of morpholine rings is 1. The van der Waals surface area contributed by atoms with Gasteiger partial charge in [0.15, 0.2) is 0 Å². The normalized spacial score (nSPS) is 25.8. The standard InChI is InChI=1S/C22H28F3N3O4/c1-14(15-2-4-16(5-3-15)22(23,24)25)32-17-6-9-27(10-7-17)21(30)28-11-8-19-18(12-28)26-20(29)13-31-19/h2-5,14,17-19H,6-13H2,1H3,(H,26,29). The summed E-state index contributed by atoms with van der Waals surface area (Å²) in [4.78, 5) is 28.1. The van der Waals surface area contributed by atoms with Gasteiger partial charge in [0.05, 0.1) is 29.9 Å². The number of nitrogens with zero attached hydrogens (tertiary/aromatic N) is 2. The van der Waals surface area contributed by atoms with E-state index < -0.39 is 11.7 Å². The maximum atomic E-state index is 12.9. The van der Waals surface area contributed by atoms with Crippen LogP contribution in [0, 0.1) is 0 Å². The molecule has 4 rings (SSSR count). The van der Waals surface area contributed by atoms with Gasteiger partial charge < -0.3 is 24.6 Å². The van der Waals surface area contributed by atoms with Crippen LogP contribution in [0.15, 0.2) is 24.3 Å². The summed E-state index contributed by atoms with van der Waals surface area (Å²) in [6.07, 6.45) is -2.77. The van der Waals surface area contributed by atoms with Crippen molar-refractivity contribution < 1.29 is 32.2 Å². The Balaban J connectivity index is 1.25. The van der Waals surface area contributed by atoms with Crippen molar-refractivity contribution >= 4 is 11.9 Å². The van der Waals surface area contributed by atoms with Gasteiger partial charge in [-0.1, -0.05) is 12.1 Å². The molecule has 3 fully saturated rings. The first-order valence-electron chi connectivity index (χ1n) is 11.0. The van der Waals surface area contributed by atoms with Crippen molar-refractivity contribution in [3.63, 3.8) is 0 Å². The predicted molar refractivity (Wildman–Crippen MR) is 109 cm³/mol.